The second-order valence-corrected chi connectivity index (χ2v) is 6.06. The SMILES string of the molecule is CC=CCn1c(=O)c2c(nc3n(CCCC)c(C)cn23)n(C)c1=O. The Hall–Kier alpha value is -2.57. The highest BCUT2D eigenvalue weighted by Crippen LogP contribution is 2.16. The molecular formula is C17H23N5O2. The van der Waals surface area contributed by atoms with Crippen molar-refractivity contribution in [3.63, 3.8) is 0 Å². The second-order valence-electron chi connectivity index (χ2n) is 6.06. The van der Waals surface area contributed by atoms with Gasteiger partial charge in [0.15, 0.2) is 11.2 Å². The van der Waals surface area contributed by atoms with Crippen LogP contribution in [0.5, 0.6) is 0 Å². The Morgan fingerprint density at radius 2 is 2.00 bits per heavy atom. The maximum Gasteiger partial charge on any atom is 0.332 e. The van der Waals surface area contributed by atoms with Gasteiger partial charge in [0.25, 0.3) is 5.56 Å². The fourth-order valence-electron chi connectivity index (χ4n) is 3.02. The smallest absolute Gasteiger partial charge is 0.314 e. The van der Waals surface area contributed by atoms with Crippen LogP contribution in [0.15, 0.2) is 27.9 Å². The lowest BCUT2D eigenvalue weighted by Gasteiger charge is -2.05. The van der Waals surface area contributed by atoms with E-state index in [9.17, 15) is 9.59 Å². The Balaban J connectivity index is 2.37. The number of aryl methyl sites for hydroxylation is 3. The first-order valence-electron chi connectivity index (χ1n) is 8.30. The molecule has 0 atom stereocenters. The van der Waals surface area contributed by atoms with E-state index in [1.54, 1.807) is 13.1 Å². The summed E-state index contributed by atoms with van der Waals surface area (Å²) in [7, 11) is 1.66. The first kappa shape index (κ1) is 16.3. The summed E-state index contributed by atoms with van der Waals surface area (Å²) < 4.78 is 6.61. The molecule has 0 N–H and O–H groups in total. The van der Waals surface area contributed by atoms with Crippen LogP contribution >= 0.6 is 0 Å². The third-order valence-electron chi connectivity index (χ3n) is 4.40. The van der Waals surface area contributed by atoms with E-state index in [1.165, 1.54) is 9.13 Å². The maximum atomic E-state index is 12.9. The molecule has 3 aromatic heterocycles. The molecule has 0 spiro atoms. The van der Waals surface area contributed by atoms with Crippen molar-refractivity contribution in [2.45, 2.75) is 46.7 Å². The molecule has 7 heteroatoms. The summed E-state index contributed by atoms with van der Waals surface area (Å²) in [6.07, 6.45) is 7.67. The molecule has 3 heterocycles. The highest BCUT2D eigenvalue weighted by molar-refractivity contribution is 5.75. The summed E-state index contributed by atoms with van der Waals surface area (Å²) >= 11 is 0. The molecule has 0 bridgehead atoms. The van der Waals surface area contributed by atoms with Gasteiger partial charge >= 0.3 is 5.69 Å². The average molecular weight is 329 g/mol. The monoisotopic (exact) mass is 329 g/mol. The first-order valence-corrected chi connectivity index (χ1v) is 8.30. The predicted molar refractivity (Wildman–Crippen MR) is 94.6 cm³/mol. The van der Waals surface area contributed by atoms with Crippen LogP contribution in [0.2, 0.25) is 0 Å². The molecule has 0 saturated carbocycles. The number of imidazole rings is 2. The molecule has 0 amide bonds. The van der Waals surface area contributed by atoms with Crippen LogP contribution in [0.3, 0.4) is 0 Å². The lowest BCUT2D eigenvalue weighted by Crippen LogP contribution is -2.39. The Kier molecular flexibility index (Phi) is 4.17. The van der Waals surface area contributed by atoms with E-state index in [2.05, 4.69) is 16.5 Å². The lowest BCUT2D eigenvalue weighted by molar-refractivity contribution is 0.631. The maximum absolute atomic E-state index is 12.9. The van der Waals surface area contributed by atoms with E-state index < -0.39 is 0 Å². The molecule has 0 saturated heterocycles. The third-order valence-corrected chi connectivity index (χ3v) is 4.40. The van der Waals surface area contributed by atoms with Gasteiger partial charge in [-0.2, -0.15) is 4.98 Å². The van der Waals surface area contributed by atoms with Crippen LogP contribution in [-0.4, -0.2) is 23.1 Å². The zero-order chi connectivity index (χ0) is 17.4. The molecule has 0 radical (unpaired) electrons. The van der Waals surface area contributed by atoms with Crippen molar-refractivity contribution in [3.05, 3.63) is 44.9 Å². The lowest BCUT2D eigenvalue weighted by atomic mass is 10.3. The third kappa shape index (κ3) is 2.31. The Morgan fingerprint density at radius 1 is 1.25 bits per heavy atom. The highest BCUT2D eigenvalue weighted by atomic mass is 16.2. The highest BCUT2D eigenvalue weighted by Gasteiger charge is 2.19. The minimum atomic E-state index is -0.344. The summed E-state index contributed by atoms with van der Waals surface area (Å²) in [5, 5.41) is 0. The molecule has 24 heavy (non-hydrogen) atoms. The fraction of sp³-hybridized carbons (Fsp3) is 0.471. The average Bonchev–Trinajstić information content (AvgIpc) is 3.06. The van der Waals surface area contributed by atoms with Gasteiger partial charge in [-0.25, -0.2) is 4.79 Å². The van der Waals surface area contributed by atoms with Crippen LogP contribution in [0.25, 0.3) is 16.9 Å². The van der Waals surface area contributed by atoms with E-state index in [1.807, 2.05) is 30.5 Å². The van der Waals surface area contributed by atoms with Crippen molar-refractivity contribution in [1.82, 2.24) is 23.1 Å². The van der Waals surface area contributed by atoms with Gasteiger partial charge in [-0.3, -0.25) is 18.3 Å². The number of hydrogen-bond acceptors (Lipinski definition) is 3. The van der Waals surface area contributed by atoms with Gasteiger partial charge in [-0.15, -0.1) is 0 Å². The van der Waals surface area contributed by atoms with E-state index in [4.69, 9.17) is 0 Å². The predicted octanol–water partition coefficient (Wildman–Crippen LogP) is 1.83. The minimum Gasteiger partial charge on any atom is -0.314 e. The molecule has 128 valence electrons. The van der Waals surface area contributed by atoms with Gasteiger partial charge in [-0.05, 0) is 20.3 Å². The second kappa shape index (κ2) is 6.14. The molecular weight excluding hydrogens is 306 g/mol. The quantitative estimate of drug-likeness (QED) is 0.671. The number of rotatable bonds is 5. The zero-order valence-corrected chi connectivity index (χ0v) is 14.6. The molecule has 0 fully saturated rings. The topological polar surface area (TPSA) is 66.2 Å². The standard InChI is InChI=1S/C17H23N5O2/c1-5-7-9-20-12(3)11-22-13-14(18-16(20)22)19(4)17(24)21(15(13)23)10-8-6-2/h6,8,11H,5,7,9-10H2,1-4H3. The van der Waals surface area contributed by atoms with E-state index in [-0.39, 0.29) is 17.8 Å². The van der Waals surface area contributed by atoms with Gasteiger partial charge in [0, 0.05) is 32.0 Å². The number of fused-ring (bicyclic) bond motifs is 3. The van der Waals surface area contributed by atoms with Crippen LogP contribution in [0.4, 0.5) is 0 Å². The summed E-state index contributed by atoms with van der Waals surface area (Å²) in [6, 6.07) is 0. The molecule has 3 aromatic rings. The van der Waals surface area contributed by atoms with Crippen LogP contribution in [-0.2, 0) is 20.1 Å². The summed E-state index contributed by atoms with van der Waals surface area (Å²) in [5.74, 6) is 0.715. The fourth-order valence-corrected chi connectivity index (χ4v) is 3.02. The van der Waals surface area contributed by atoms with Crippen molar-refractivity contribution >= 4 is 16.9 Å². The number of unbranched alkanes of at least 4 members (excludes halogenated alkanes) is 1. The van der Waals surface area contributed by atoms with Crippen LogP contribution in [0.1, 0.15) is 32.4 Å². The van der Waals surface area contributed by atoms with Gasteiger partial charge in [0.2, 0.25) is 5.78 Å². The number of hydrogen-bond donors (Lipinski definition) is 0. The Bertz CT molecular complexity index is 1050. The molecule has 0 aliphatic heterocycles. The summed E-state index contributed by atoms with van der Waals surface area (Å²) in [4.78, 5) is 29.9. The van der Waals surface area contributed by atoms with Crippen LogP contribution in [0, 0.1) is 6.92 Å². The van der Waals surface area contributed by atoms with Crippen molar-refractivity contribution in [1.29, 1.82) is 0 Å². The normalized spacial score (nSPS) is 12.2. The summed E-state index contributed by atoms with van der Waals surface area (Å²) in [5.41, 5.74) is 1.30. The Labute approximate surface area is 139 Å². The molecule has 0 aromatic carbocycles. The van der Waals surface area contributed by atoms with Crippen molar-refractivity contribution in [2.24, 2.45) is 7.05 Å². The first-order chi connectivity index (χ1) is 11.5. The molecule has 3 rings (SSSR count). The van der Waals surface area contributed by atoms with Crippen molar-refractivity contribution in [2.75, 3.05) is 0 Å². The van der Waals surface area contributed by atoms with Gasteiger partial charge in [-0.1, -0.05) is 25.5 Å². The summed E-state index contributed by atoms with van der Waals surface area (Å²) in [6.45, 7) is 7.13. The number of aromatic nitrogens is 5. The van der Waals surface area contributed by atoms with Crippen molar-refractivity contribution in [3.8, 4) is 0 Å². The van der Waals surface area contributed by atoms with Gasteiger partial charge in [0.1, 0.15) is 0 Å². The number of allylic oxidation sites excluding steroid dienone is 2. The van der Waals surface area contributed by atoms with Crippen LogP contribution < -0.4 is 11.2 Å². The number of nitrogens with zero attached hydrogens (tertiary/aromatic N) is 5. The molecule has 0 unspecified atom stereocenters. The molecule has 0 aliphatic carbocycles. The van der Waals surface area contributed by atoms with Crippen molar-refractivity contribution < 1.29 is 0 Å². The van der Waals surface area contributed by atoms with E-state index >= 15 is 0 Å². The minimum absolute atomic E-state index is 0.265. The molecule has 0 aliphatic rings. The van der Waals surface area contributed by atoms with Gasteiger partial charge in [0.05, 0.1) is 0 Å². The molecule has 7 nitrogen and oxygen atoms in total. The van der Waals surface area contributed by atoms with E-state index in [0.29, 0.717) is 16.9 Å². The largest absolute Gasteiger partial charge is 0.332 e. The van der Waals surface area contributed by atoms with Gasteiger partial charge < -0.3 is 4.57 Å². The zero-order valence-electron chi connectivity index (χ0n) is 14.6. The van der Waals surface area contributed by atoms with E-state index in [0.717, 1.165) is 25.1 Å². The Morgan fingerprint density at radius 3 is 2.67 bits per heavy atom.